The van der Waals surface area contributed by atoms with E-state index in [1.807, 2.05) is 30.5 Å². The van der Waals surface area contributed by atoms with Crippen LogP contribution in [0.1, 0.15) is 0 Å². The zero-order valence-electron chi connectivity index (χ0n) is 7.88. The van der Waals surface area contributed by atoms with Crippen LogP contribution in [0.3, 0.4) is 0 Å². The first-order valence-electron chi connectivity index (χ1n) is 4.30. The fraction of sp³-hybridized carbons (Fsp3) is 0. The summed E-state index contributed by atoms with van der Waals surface area (Å²) in [6, 6.07) is 7.81. The number of H-pyrrole nitrogens is 1. The minimum Gasteiger partial charge on any atom is -0.331 e. The minimum absolute atomic E-state index is 0. The van der Waals surface area contributed by atoms with Gasteiger partial charge in [0.2, 0.25) is 0 Å². The molecular weight excluding hydrogens is 265 g/mol. The zero-order chi connectivity index (χ0) is 9.38. The van der Waals surface area contributed by atoms with Gasteiger partial charge in [-0.25, -0.2) is 0 Å². The van der Waals surface area contributed by atoms with Gasteiger partial charge in [0, 0.05) is 45.1 Å². The molecule has 0 amide bonds. The molecule has 15 heavy (non-hydrogen) atoms. The van der Waals surface area contributed by atoms with Crippen molar-refractivity contribution < 1.29 is 32.7 Å². The van der Waals surface area contributed by atoms with E-state index in [4.69, 9.17) is 0 Å². The monoisotopic (exact) mass is 272 g/mol. The van der Waals surface area contributed by atoms with Crippen LogP contribution in [0.15, 0.2) is 36.7 Å². The number of fused-ring (bicyclic) bond motifs is 1. The second kappa shape index (κ2) is 4.25. The molecule has 0 aliphatic carbocycles. The smallest absolute Gasteiger partial charge is 0.0360 e. The summed E-state index contributed by atoms with van der Waals surface area (Å²) in [4.78, 5) is 0. The maximum atomic E-state index is 4.12. The average Bonchev–Trinajstić information content (AvgIpc) is 2.85. The van der Waals surface area contributed by atoms with Crippen LogP contribution in [0.4, 0.5) is 0 Å². The zero-order valence-corrected chi connectivity index (χ0v) is 10.7. The summed E-state index contributed by atoms with van der Waals surface area (Å²) in [6.45, 7) is 0. The number of nitrogens with one attached hydrogen (secondary N) is 1. The fourth-order valence-corrected chi connectivity index (χ4v) is 1.47. The first-order valence-corrected chi connectivity index (χ1v) is 4.30. The molecule has 0 fully saturated rings. The van der Waals surface area contributed by atoms with E-state index < -0.39 is 0 Å². The Labute approximate surface area is 112 Å². The van der Waals surface area contributed by atoms with E-state index in [0.29, 0.717) is 0 Å². The van der Waals surface area contributed by atoms with Crippen LogP contribution in [0.2, 0.25) is 0 Å². The Morgan fingerprint density at radius 1 is 1.27 bits per heavy atom. The first kappa shape index (κ1) is 10.5. The topological polar surface area (TPSA) is 46.0 Å². The van der Waals surface area contributed by atoms with E-state index in [0.717, 1.165) is 16.8 Å². The number of pyridine rings is 1. The van der Waals surface area contributed by atoms with Crippen LogP contribution in [0.25, 0.3) is 16.8 Å². The van der Waals surface area contributed by atoms with Crippen molar-refractivity contribution in [1.82, 2.24) is 19.8 Å². The van der Waals surface area contributed by atoms with Crippen molar-refractivity contribution in [3.8, 4) is 11.3 Å². The Morgan fingerprint density at radius 3 is 3.00 bits per heavy atom. The van der Waals surface area contributed by atoms with Gasteiger partial charge >= 0.3 is 0 Å². The second-order valence-corrected chi connectivity index (χ2v) is 2.99. The van der Waals surface area contributed by atoms with Gasteiger partial charge in [0.25, 0.3) is 0 Å². The number of nitrogens with zero attached hydrogens (tertiary/aromatic N) is 3. The standard InChI is InChI=1S/C10H7N4.Y/c1-2-6-14-10(3-1)8(7-12-14)9-4-5-11-13-9;/h1-6H,(H,11,13);/q-1;. The normalized spacial score (nSPS) is 10.1. The van der Waals surface area contributed by atoms with E-state index >= 15 is 0 Å². The van der Waals surface area contributed by atoms with Gasteiger partial charge in [0.15, 0.2) is 0 Å². The van der Waals surface area contributed by atoms with E-state index in [9.17, 15) is 0 Å². The number of aromatic nitrogens is 4. The molecule has 5 heteroatoms. The van der Waals surface area contributed by atoms with Crippen molar-refractivity contribution >= 4 is 5.52 Å². The third-order valence-electron chi connectivity index (χ3n) is 2.14. The van der Waals surface area contributed by atoms with Crippen molar-refractivity contribution in [2.45, 2.75) is 0 Å². The second-order valence-electron chi connectivity index (χ2n) is 2.99. The third kappa shape index (κ3) is 1.75. The molecule has 0 saturated heterocycles. The Bertz CT molecular complexity index is 556. The van der Waals surface area contributed by atoms with Gasteiger partial charge in [-0.3, -0.25) is 5.10 Å². The van der Waals surface area contributed by atoms with Crippen molar-refractivity contribution in [1.29, 1.82) is 0 Å². The summed E-state index contributed by atoms with van der Waals surface area (Å²) in [5, 5.41) is 10.9. The molecule has 0 aromatic carbocycles. The van der Waals surface area contributed by atoms with E-state index in [-0.39, 0.29) is 32.7 Å². The van der Waals surface area contributed by atoms with Crippen molar-refractivity contribution in [3.05, 3.63) is 42.9 Å². The fourth-order valence-electron chi connectivity index (χ4n) is 1.47. The molecule has 1 N–H and O–H groups in total. The maximum absolute atomic E-state index is 4.12. The average molecular weight is 272 g/mol. The molecule has 3 aromatic heterocycles. The third-order valence-corrected chi connectivity index (χ3v) is 2.14. The van der Waals surface area contributed by atoms with Gasteiger partial charge in [0.1, 0.15) is 0 Å². The molecule has 3 heterocycles. The summed E-state index contributed by atoms with van der Waals surface area (Å²) in [7, 11) is 0. The number of hydrogen-bond donors (Lipinski definition) is 1. The maximum Gasteiger partial charge on any atom is 0.0360 e. The summed E-state index contributed by atoms with van der Waals surface area (Å²) < 4.78 is 1.79. The van der Waals surface area contributed by atoms with Crippen molar-refractivity contribution in [2.24, 2.45) is 0 Å². The predicted molar refractivity (Wildman–Crippen MR) is 51.6 cm³/mol. The van der Waals surface area contributed by atoms with Crippen LogP contribution < -0.4 is 0 Å². The molecule has 0 aliphatic heterocycles. The van der Waals surface area contributed by atoms with Gasteiger partial charge < -0.3 is 9.61 Å². The molecule has 0 aliphatic rings. The first-order chi connectivity index (χ1) is 6.95. The molecule has 71 valence electrons. The Hall–Kier alpha value is -0.996. The SMILES string of the molecule is [Y].[c-]1nn2ccccc2c1-c1ccn[nH]1. The quantitative estimate of drug-likeness (QED) is 0.683. The largest absolute Gasteiger partial charge is 0.331 e. The van der Waals surface area contributed by atoms with Crippen LogP contribution >= 0.6 is 0 Å². The molecule has 0 saturated carbocycles. The van der Waals surface area contributed by atoms with Crippen LogP contribution in [0.5, 0.6) is 0 Å². The van der Waals surface area contributed by atoms with E-state index in [1.165, 1.54) is 0 Å². The molecular formula is C10H7N4Y-. The summed E-state index contributed by atoms with van der Waals surface area (Å²) in [5.41, 5.74) is 2.91. The van der Waals surface area contributed by atoms with Gasteiger partial charge in [-0.15, -0.1) is 5.56 Å². The van der Waals surface area contributed by atoms with E-state index in [2.05, 4.69) is 21.5 Å². The molecule has 0 unspecified atom stereocenters. The predicted octanol–water partition coefficient (Wildman–Crippen LogP) is 1.52. The summed E-state index contributed by atoms with van der Waals surface area (Å²) in [6.07, 6.45) is 6.57. The van der Waals surface area contributed by atoms with Gasteiger partial charge in [0.05, 0.1) is 0 Å². The molecule has 3 aromatic rings. The summed E-state index contributed by atoms with van der Waals surface area (Å²) >= 11 is 0. The summed E-state index contributed by atoms with van der Waals surface area (Å²) in [5.74, 6) is 0. The Balaban J connectivity index is 0.000000853. The van der Waals surface area contributed by atoms with Gasteiger partial charge in [-0.05, 0) is 23.5 Å². The number of aromatic amines is 1. The molecule has 1 radical (unpaired) electrons. The number of hydrogen-bond acceptors (Lipinski definition) is 2. The Kier molecular flexibility index (Phi) is 2.98. The molecule has 4 nitrogen and oxygen atoms in total. The minimum atomic E-state index is 0. The number of rotatable bonds is 1. The van der Waals surface area contributed by atoms with Crippen LogP contribution in [0, 0.1) is 6.20 Å². The van der Waals surface area contributed by atoms with Crippen LogP contribution in [-0.4, -0.2) is 19.8 Å². The molecule has 0 atom stereocenters. The van der Waals surface area contributed by atoms with E-state index in [1.54, 1.807) is 10.7 Å². The van der Waals surface area contributed by atoms with Gasteiger partial charge in [-0.2, -0.15) is 5.10 Å². The van der Waals surface area contributed by atoms with Crippen molar-refractivity contribution in [3.63, 3.8) is 0 Å². The molecule has 0 bridgehead atoms. The van der Waals surface area contributed by atoms with Gasteiger partial charge in [-0.1, -0.05) is 18.2 Å². The Morgan fingerprint density at radius 2 is 2.20 bits per heavy atom. The molecule has 0 spiro atoms. The van der Waals surface area contributed by atoms with Crippen LogP contribution in [-0.2, 0) is 32.7 Å². The van der Waals surface area contributed by atoms with Crippen molar-refractivity contribution in [2.75, 3.05) is 0 Å². The molecule has 3 rings (SSSR count).